The van der Waals surface area contributed by atoms with Gasteiger partial charge in [0.05, 0.1) is 11.9 Å². The van der Waals surface area contributed by atoms with Gasteiger partial charge in [-0.1, -0.05) is 5.21 Å². The molecule has 0 atom stereocenters. The lowest BCUT2D eigenvalue weighted by molar-refractivity contribution is 0.475. The molecule has 0 spiro atoms. The topological polar surface area (TPSA) is 124 Å². The van der Waals surface area contributed by atoms with E-state index in [0.29, 0.717) is 17.2 Å². The number of nitrogens with zero attached hydrogens (tertiary/aromatic N) is 6. The van der Waals surface area contributed by atoms with E-state index in [-0.39, 0.29) is 16.9 Å². The van der Waals surface area contributed by atoms with E-state index in [4.69, 9.17) is 0 Å². The molecule has 0 saturated carbocycles. The first-order valence-electron chi connectivity index (χ1n) is 7.33. The van der Waals surface area contributed by atoms with Crippen LogP contribution in [0.2, 0.25) is 0 Å². The maximum Gasteiger partial charge on any atom is 0.332 e. The van der Waals surface area contributed by atoms with Crippen LogP contribution in [0.15, 0.2) is 40.1 Å². The maximum absolute atomic E-state index is 12.2. The fourth-order valence-corrected chi connectivity index (χ4v) is 2.55. The van der Waals surface area contributed by atoms with Crippen molar-refractivity contribution >= 4 is 11.2 Å². The molecular formula is C15H13N7O3. The van der Waals surface area contributed by atoms with Gasteiger partial charge in [-0.2, -0.15) is 0 Å². The van der Waals surface area contributed by atoms with Gasteiger partial charge in [-0.15, -0.1) is 5.10 Å². The van der Waals surface area contributed by atoms with Crippen molar-refractivity contribution in [1.82, 2.24) is 34.1 Å². The van der Waals surface area contributed by atoms with Crippen molar-refractivity contribution in [3.05, 3.63) is 51.3 Å². The number of hydrogen-bond donors (Lipinski definition) is 2. The summed E-state index contributed by atoms with van der Waals surface area (Å²) in [5.41, 5.74) is 0.682. The Kier molecular flexibility index (Phi) is 3.07. The molecule has 0 aliphatic carbocycles. The minimum Gasteiger partial charge on any atom is -0.508 e. The molecule has 0 radical (unpaired) electrons. The van der Waals surface area contributed by atoms with E-state index >= 15 is 0 Å². The molecule has 4 aromatic rings. The smallest absolute Gasteiger partial charge is 0.332 e. The number of hydrogen-bond acceptors (Lipinski definition) is 6. The molecule has 4 rings (SSSR count). The van der Waals surface area contributed by atoms with Gasteiger partial charge in [-0.3, -0.25) is 13.9 Å². The molecule has 126 valence electrons. The first-order valence-corrected chi connectivity index (χ1v) is 7.33. The van der Waals surface area contributed by atoms with Crippen molar-refractivity contribution in [3.8, 4) is 23.0 Å². The van der Waals surface area contributed by atoms with Crippen LogP contribution in [0.5, 0.6) is 5.75 Å². The molecule has 10 heteroatoms. The number of aromatic nitrogens is 7. The van der Waals surface area contributed by atoms with Crippen LogP contribution in [0, 0.1) is 0 Å². The van der Waals surface area contributed by atoms with Crippen molar-refractivity contribution in [2.75, 3.05) is 0 Å². The average Bonchev–Trinajstić information content (AvgIpc) is 3.26. The lowest BCUT2D eigenvalue weighted by atomic mass is 10.3. The number of phenolic OH excluding ortho intramolecular Hbond substituents is 1. The molecule has 0 fully saturated rings. The lowest BCUT2D eigenvalue weighted by Gasteiger charge is -2.00. The molecule has 0 aliphatic rings. The molecular weight excluding hydrogens is 326 g/mol. The Morgan fingerprint density at radius 1 is 1.08 bits per heavy atom. The zero-order chi connectivity index (χ0) is 17.7. The van der Waals surface area contributed by atoms with E-state index in [1.807, 2.05) is 0 Å². The minimum absolute atomic E-state index is 0.151. The van der Waals surface area contributed by atoms with Crippen molar-refractivity contribution in [2.45, 2.75) is 0 Å². The standard InChI is InChI=1S/C15H13N7O3/c1-20-13-11(14(24)21(2)15(20)25)16-12(17-13)10-7-22(19-18-10)8-3-5-9(23)6-4-8/h3-7,23H,1-2H3,(H,16,17). The van der Waals surface area contributed by atoms with Crippen LogP contribution in [-0.2, 0) is 14.1 Å². The zero-order valence-corrected chi connectivity index (χ0v) is 13.3. The molecule has 0 unspecified atom stereocenters. The van der Waals surface area contributed by atoms with Crippen LogP contribution >= 0.6 is 0 Å². The van der Waals surface area contributed by atoms with Crippen molar-refractivity contribution in [2.24, 2.45) is 14.1 Å². The number of aryl methyl sites for hydroxylation is 1. The molecule has 0 amide bonds. The third-order valence-corrected chi connectivity index (χ3v) is 3.95. The third kappa shape index (κ3) is 2.23. The van der Waals surface area contributed by atoms with E-state index < -0.39 is 11.2 Å². The number of benzene rings is 1. The van der Waals surface area contributed by atoms with Crippen LogP contribution < -0.4 is 11.2 Å². The van der Waals surface area contributed by atoms with Gasteiger partial charge in [0.1, 0.15) is 17.0 Å². The summed E-state index contributed by atoms with van der Waals surface area (Å²) < 4.78 is 3.82. The molecule has 3 heterocycles. The fourth-order valence-electron chi connectivity index (χ4n) is 2.55. The molecule has 0 bridgehead atoms. The zero-order valence-electron chi connectivity index (χ0n) is 13.3. The molecule has 1 aromatic carbocycles. The van der Waals surface area contributed by atoms with Gasteiger partial charge in [0.2, 0.25) is 0 Å². The van der Waals surface area contributed by atoms with Crippen LogP contribution in [0.4, 0.5) is 0 Å². The van der Waals surface area contributed by atoms with Gasteiger partial charge in [0.15, 0.2) is 11.5 Å². The fraction of sp³-hybridized carbons (Fsp3) is 0.133. The number of H-pyrrole nitrogens is 1. The van der Waals surface area contributed by atoms with Crippen LogP contribution in [0.3, 0.4) is 0 Å². The quantitative estimate of drug-likeness (QED) is 0.526. The summed E-state index contributed by atoms with van der Waals surface area (Å²) in [4.78, 5) is 31.4. The second-order valence-corrected chi connectivity index (χ2v) is 5.55. The lowest BCUT2D eigenvalue weighted by Crippen LogP contribution is -2.36. The number of aromatic hydroxyl groups is 1. The van der Waals surface area contributed by atoms with Gasteiger partial charge in [-0.25, -0.2) is 14.5 Å². The monoisotopic (exact) mass is 339 g/mol. The largest absolute Gasteiger partial charge is 0.508 e. The Bertz CT molecular complexity index is 1210. The van der Waals surface area contributed by atoms with E-state index in [1.165, 1.54) is 28.4 Å². The third-order valence-electron chi connectivity index (χ3n) is 3.95. The van der Waals surface area contributed by atoms with E-state index in [9.17, 15) is 14.7 Å². The van der Waals surface area contributed by atoms with Crippen LogP contribution in [-0.4, -0.2) is 39.2 Å². The summed E-state index contributed by atoms with van der Waals surface area (Å²) in [5.74, 6) is 0.483. The second-order valence-electron chi connectivity index (χ2n) is 5.55. The Hall–Kier alpha value is -3.69. The Balaban J connectivity index is 1.85. The molecule has 2 N–H and O–H groups in total. The van der Waals surface area contributed by atoms with Crippen molar-refractivity contribution < 1.29 is 5.11 Å². The highest BCUT2D eigenvalue weighted by atomic mass is 16.3. The maximum atomic E-state index is 12.2. The van der Waals surface area contributed by atoms with Crippen molar-refractivity contribution in [3.63, 3.8) is 0 Å². The minimum atomic E-state index is -0.456. The average molecular weight is 339 g/mol. The SMILES string of the molecule is Cn1c(=O)c2[nH]c(-c3cn(-c4ccc(O)cc4)nn3)nc2n(C)c1=O. The number of imidazole rings is 1. The van der Waals surface area contributed by atoms with E-state index in [0.717, 1.165) is 4.57 Å². The predicted octanol–water partition coefficient (Wildman–Crippen LogP) is -0.0864. The van der Waals surface area contributed by atoms with Crippen molar-refractivity contribution in [1.29, 1.82) is 0 Å². The Morgan fingerprint density at radius 2 is 1.80 bits per heavy atom. The molecule has 0 aliphatic heterocycles. The summed E-state index contributed by atoms with van der Waals surface area (Å²) >= 11 is 0. The Labute approximate surface area is 139 Å². The summed E-state index contributed by atoms with van der Waals surface area (Å²) in [6, 6.07) is 6.45. The second kappa shape index (κ2) is 5.16. The number of nitrogens with one attached hydrogen (secondary N) is 1. The molecule has 25 heavy (non-hydrogen) atoms. The van der Waals surface area contributed by atoms with Gasteiger partial charge >= 0.3 is 5.69 Å². The molecule has 10 nitrogen and oxygen atoms in total. The number of phenols is 1. The number of aromatic amines is 1. The predicted molar refractivity (Wildman–Crippen MR) is 88.6 cm³/mol. The number of rotatable bonds is 2. The van der Waals surface area contributed by atoms with Gasteiger partial charge in [-0.05, 0) is 24.3 Å². The Morgan fingerprint density at radius 3 is 2.52 bits per heavy atom. The van der Waals surface area contributed by atoms with Crippen LogP contribution in [0.1, 0.15) is 0 Å². The normalized spacial score (nSPS) is 11.3. The van der Waals surface area contributed by atoms with E-state index in [2.05, 4.69) is 20.3 Å². The summed E-state index contributed by atoms with van der Waals surface area (Å²) in [7, 11) is 2.95. The summed E-state index contributed by atoms with van der Waals surface area (Å²) in [5, 5.41) is 17.4. The van der Waals surface area contributed by atoms with Crippen LogP contribution in [0.25, 0.3) is 28.4 Å². The van der Waals surface area contributed by atoms with E-state index in [1.54, 1.807) is 25.4 Å². The van der Waals surface area contributed by atoms with Gasteiger partial charge in [0.25, 0.3) is 5.56 Å². The molecule has 3 aromatic heterocycles. The summed E-state index contributed by atoms with van der Waals surface area (Å²) in [6.07, 6.45) is 1.63. The first kappa shape index (κ1) is 14.9. The highest BCUT2D eigenvalue weighted by molar-refractivity contribution is 5.74. The molecule has 0 saturated heterocycles. The first-order chi connectivity index (χ1) is 12.0. The highest BCUT2D eigenvalue weighted by Crippen LogP contribution is 2.18. The van der Waals surface area contributed by atoms with Gasteiger partial charge in [0, 0.05) is 14.1 Å². The summed E-state index contributed by atoms with van der Waals surface area (Å²) in [6.45, 7) is 0. The highest BCUT2D eigenvalue weighted by Gasteiger charge is 2.16. The van der Waals surface area contributed by atoms with Gasteiger partial charge < -0.3 is 10.1 Å². The number of fused-ring (bicyclic) bond motifs is 1.